The maximum Gasteiger partial charge on any atom is 0.156 e. The number of rotatable bonds is 6. The quantitative estimate of drug-likeness (QED) is 0.331. The van der Waals surface area contributed by atoms with E-state index in [0.717, 1.165) is 17.5 Å². The molecule has 3 N–H and O–H groups in total. The zero-order chi connectivity index (χ0) is 22.1. The number of nitrogens with zero attached hydrogens (tertiary/aromatic N) is 3. The molecule has 0 spiro atoms. The number of nitrogens with two attached hydrogens (primary N) is 1. The van der Waals surface area contributed by atoms with Gasteiger partial charge in [-0.05, 0) is 48.7 Å². The van der Waals surface area contributed by atoms with Gasteiger partial charge in [0.25, 0.3) is 0 Å². The predicted octanol–water partition coefficient (Wildman–Crippen LogP) is 6.00. The molecule has 0 fully saturated rings. The standard InChI is InChI=1S/C21H18Cl2FN5OS/c1-11-27-19(20-21(25)26-6-7-29(11)20)14-4-3-5-15(18(14)24)28-31-16-9-13(22)8-12(10-30-2)17(16)23/h3-9,28H,10H2,1-2H3,(H2,25,26). The maximum atomic E-state index is 15.4. The smallest absolute Gasteiger partial charge is 0.156 e. The molecule has 0 saturated carbocycles. The summed E-state index contributed by atoms with van der Waals surface area (Å²) in [6.45, 7) is 2.14. The molecule has 6 nitrogen and oxygen atoms in total. The summed E-state index contributed by atoms with van der Waals surface area (Å²) in [5.74, 6) is 0.498. The second-order valence-corrected chi connectivity index (χ2v) is 8.38. The van der Waals surface area contributed by atoms with Crippen molar-refractivity contribution in [1.82, 2.24) is 14.4 Å². The third kappa shape index (κ3) is 4.16. The van der Waals surface area contributed by atoms with Crippen molar-refractivity contribution in [3.63, 3.8) is 0 Å². The lowest BCUT2D eigenvalue weighted by Gasteiger charge is -2.13. The second-order valence-electron chi connectivity index (χ2n) is 6.72. The van der Waals surface area contributed by atoms with E-state index in [9.17, 15) is 0 Å². The zero-order valence-corrected chi connectivity index (χ0v) is 18.9. The van der Waals surface area contributed by atoms with Gasteiger partial charge in [0.05, 0.1) is 17.3 Å². The van der Waals surface area contributed by atoms with Gasteiger partial charge in [0.1, 0.15) is 22.9 Å². The maximum absolute atomic E-state index is 15.4. The van der Waals surface area contributed by atoms with Crippen LogP contribution in [0.4, 0.5) is 15.9 Å². The van der Waals surface area contributed by atoms with E-state index in [1.54, 1.807) is 54.2 Å². The number of imidazole rings is 1. The molecule has 0 atom stereocenters. The first kappa shape index (κ1) is 21.7. The van der Waals surface area contributed by atoms with E-state index in [1.165, 1.54) is 0 Å². The number of hydrogen-bond donors (Lipinski definition) is 2. The Balaban J connectivity index is 1.69. The lowest BCUT2D eigenvalue weighted by Crippen LogP contribution is -1.98. The van der Waals surface area contributed by atoms with E-state index < -0.39 is 5.82 Å². The van der Waals surface area contributed by atoms with Gasteiger partial charge in [-0.3, -0.25) is 4.40 Å². The number of nitrogens with one attached hydrogen (secondary N) is 1. The van der Waals surface area contributed by atoms with Gasteiger partial charge in [-0.25, -0.2) is 14.4 Å². The van der Waals surface area contributed by atoms with Crippen LogP contribution in [0, 0.1) is 12.7 Å². The summed E-state index contributed by atoms with van der Waals surface area (Å²) < 4.78 is 25.4. The molecule has 2 aromatic heterocycles. The molecule has 31 heavy (non-hydrogen) atoms. The molecule has 0 unspecified atom stereocenters. The third-order valence-electron chi connectivity index (χ3n) is 4.66. The Morgan fingerprint density at radius 2 is 2.10 bits per heavy atom. The first-order valence-corrected chi connectivity index (χ1v) is 10.8. The Labute approximate surface area is 192 Å². The van der Waals surface area contributed by atoms with Gasteiger partial charge in [-0.15, -0.1) is 0 Å². The number of hydrogen-bond acceptors (Lipinski definition) is 6. The summed E-state index contributed by atoms with van der Waals surface area (Å²) in [7, 11) is 1.58. The average molecular weight is 478 g/mol. The second kappa shape index (κ2) is 8.92. The van der Waals surface area contributed by atoms with Crippen molar-refractivity contribution < 1.29 is 9.13 Å². The molecule has 0 saturated heterocycles. The molecule has 10 heteroatoms. The fourth-order valence-corrected chi connectivity index (χ4v) is 4.63. The summed E-state index contributed by atoms with van der Waals surface area (Å²) in [5.41, 5.74) is 8.37. The van der Waals surface area contributed by atoms with Gasteiger partial charge in [0.2, 0.25) is 0 Å². The molecule has 0 bridgehead atoms. The highest BCUT2D eigenvalue weighted by Gasteiger charge is 2.19. The molecule has 2 aromatic carbocycles. The van der Waals surface area contributed by atoms with Crippen LogP contribution in [0.15, 0.2) is 47.6 Å². The van der Waals surface area contributed by atoms with Crippen molar-refractivity contribution >= 4 is 52.2 Å². The Bertz CT molecular complexity index is 1280. The summed E-state index contributed by atoms with van der Waals surface area (Å²) >= 11 is 13.8. The van der Waals surface area contributed by atoms with E-state index in [4.69, 9.17) is 33.7 Å². The van der Waals surface area contributed by atoms with Crippen LogP contribution in [0.5, 0.6) is 0 Å². The Kier molecular flexibility index (Phi) is 6.24. The van der Waals surface area contributed by atoms with Crippen LogP contribution in [-0.4, -0.2) is 21.5 Å². The van der Waals surface area contributed by atoms with Crippen molar-refractivity contribution in [2.75, 3.05) is 17.6 Å². The van der Waals surface area contributed by atoms with Crippen molar-refractivity contribution in [3.8, 4) is 11.3 Å². The van der Waals surface area contributed by atoms with E-state index in [-0.39, 0.29) is 11.5 Å². The van der Waals surface area contributed by atoms with E-state index >= 15 is 4.39 Å². The highest BCUT2D eigenvalue weighted by atomic mass is 35.5. The first-order chi connectivity index (χ1) is 14.9. The molecule has 4 aromatic rings. The van der Waals surface area contributed by atoms with Crippen LogP contribution in [0.3, 0.4) is 0 Å². The van der Waals surface area contributed by atoms with Gasteiger partial charge >= 0.3 is 0 Å². The summed E-state index contributed by atoms with van der Waals surface area (Å²) in [6, 6.07) is 8.48. The lowest BCUT2D eigenvalue weighted by atomic mass is 10.1. The number of benzene rings is 2. The van der Waals surface area contributed by atoms with Crippen molar-refractivity contribution in [2.24, 2.45) is 0 Å². The first-order valence-electron chi connectivity index (χ1n) is 9.18. The van der Waals surface area contributed by atoms with E-state index in [2.05, 4.69) is 14.7 Å². The van der Waals surface area contributed by atoms with Gasteiger partial charge in [0, 0.05) is 35.0 Å². The monoisotopic (exact) mass is 477 g/mol. The Morgan fingerprint density at radius 3 is 2.87 bits per heavy atom. The number of methoxy groups -OCH3 is 1. The Morgan fingerprint density at radius 1 is 1.29 bits per heavy atom. The number of anilines is 2. The van der Waals surface area contributed by atoms with Gasteiger partial charge in [-0.1, -0.05) is 29.3 Å². The number of halogens is 3. The molecule has 4 rings (SSSR count). The fourth-order valence-electron chi connectivity index (χ4n) is 3.26. The van der Waals surface area contributed by atoms with Crippen molar-refractivity contribution in [2.45, 2.75) is 18.4 Å². The van der Waals surface area contributed by atoms with Crippen LogP contribution in [0.2, 0.25) is 10.0 Å². The van der Waals surface area contributed by atoms with Crippen LogP contribution in [-0.2, 0) is 11.3 Å². The van der Waals surface area contributed by atoms with Gasteiger partial charge < -0.3 is 15.2 Å². The number of ether oxygens (including phenoxy) is 1. The number of aryl methyl sites for hydroxylation is 1. The van der Waals surface area contributed by atoms with Gasteiger partial charge in [0.15, 0.2) is 5.82 Å². The fraction of sp³-hybridized carbons (Fsp3) is 0.143. The van der Waals surface area contributed by atoms with Crippen molar-refractivity contribution in [3.05, 3.63) is 70.0 Å². The highest BCUT2D eigenvalue weighted by molar-refractivity contribution is 8.00. The number of aromatic nitrogens is 3. The largest absolute Gasteiger partial charge is 0.382 e. The topological polar surface area (TPSA) is 77.5 Å². The summed E-state index contributed by atoms with van der Waals surface area (Å²) in [4.78, 5) is 9.28. The normalized spacial score (nSPS) is 11.3. The molecule has 0 amide bonds. The minimum Gasteiger partial charge on any atom is -0.382 e. The zero-order valence-electron chi connectivity index (χ0n) is 16.6. The molecule has 0 aliphatic heterocycles. The average Bonchev–Trinajstić information content (AvgIpc) is 3.08. The van der Waals surface area contributed by atoms with E-state index in [1.807, 2.05) is 6.92 Å². The predicted molar refractivity (Wildman–Crippen MR) is 124 cm³/mol. The molecular formula is C21H18Cl2FN5OS. The summed E-state index contributed by atoms with van der Waals surface area (Å²) in [6.07, 6.45) is 3.32. The molecular weight excluding hydrogens is 460 g/mol. The third-order valence-corrected chi connectivity index (χ3v) is 6.30. The number of fused-ring (bicyclic) bond motifs is 1. The molecule has 160 valence electrons. The minimum atomic E-state index is -0.464. The molecule has 2 heterocycles. The molecule has 0 aliphatic rings. The molecule has 0 aliphatic carbocycles. The van der Waals surface area contributed by atoms with Crippen LogP contribution >= 0.6 is 35.1 Å². The van der Waals surface area contributed by atoms with Crippen LogP contribution in [0.1, 0.15) is 11.4 Å². The van der Waals surface area contributed by atoms with Gasteiger partial charge in [-0.2, -0.15) is 0 Å². The minimum absolute atomic E-state index is 0.271. The van der Waals surface area contributed by atoms with Crippen LogP contribution in [0.25, 0.3) is 16.8 Å². The van der Waals surface area contributed by atoms with E-state index in [0.29, 0.717) is 44.1 Å². The SMILES string of the molecule is COCc1cc(Cl)cc(SNc2cccc(-c3nc(C)n4ccnc(N)c34)c2F)c1Cl. The number of nitrogen functional groups attached to an aromatic ring is 1. The van der Waals surface area contributed by atoms with Crippen LogP contribution < -0.4 is 10.5 Å². The van der Waals surface area contributed by atoms with Crippen molar-refractivity contribution in [1.29, 1.82) is 0 Å². The summed E-state index contributed by atoms with van der Waals surface area (Å²) in [5, 5.41) is 1.01. The highest BCUT2D eigenvalue weighted by Crippen LogP contribution is 2.37. The Hall–Kier alpha value is -2.52. The molecule has 0 radical (unpaired) electrons. The lowest BCUT2D eigenvalue weighted by molar-refractivity contribution is 0.185.